The summed E-state index contributed by atoms with van der Waals surface area (Å²) in [4.78, 5) is 17.6. The van der Waals surface area contributed by atoms with E-state index in [1.54, 1.807) is 0 Å². The molecule has 5 heterocycles. The minimum atomic E-state index is 1.06. The van der Waals surface area contributed by atoms with Crippen LogP contribution in [0.4, 0.5) is 0 Å². The predicted octanol–water partition coefficient (Wildman–Crippen LogP) is 10.2. The third kappa shape index (κ3) is 4.73. The summed E-state index contributed by atoms with van der Waals surface area (Å²) in [6.45, 7) is 0. The first-order valence-electron chi connectivity index (χ1n) is 15.6. The molecule has 0 aliphatic heterocycles. The molecule has 5 nitrogen and oxygen atoms in total. The summed E-state index contributed by atoms with van der Waals surface area (Å²) in [5.74, 6) is 0. The molecule has 0 saturated heterocycles. The number of aromatic nitrogens is 5. The highest BCUT2D eigenvalue weighted by molar-refractivity contribution is 6.12. The van der Waals surface area contributed by atoms with Gasteiger partial charge in [0.25, 0.3) is 0 Å². The molecule has 9 aromatic rings. The van der Waals surface area contributed by atoms with E-state index in [4.69, 9.17) is 0 Å². The van der Waals surface area contributed by atoms with Crippen molar-refractivity contribution in [2.24, 2.45) is 0 Å². The van der Waals surface area contributed by atoms with Crippen LogP contribution in [0.15, 0.2) is 165 Å². The van der Waals surface area contributed by atoms with Crippen molar-refractivity contribution in [3.05, 3.63) is 165 Å². The number of hydrogen-bond acceptors (Lipinski definition) is 4. The Morgan fingerprint density at radius 3 is 1.38 bits per heavy atom. The fraction of sp³-hybridized carbons (Fsp3) is 0. The minimum absolute atomic E-state index is 1.06. The zero-order valence-electron chi connectivity index (χ0n) is 25.3. The second-order valence-corrected chi connectivity index (χ2v) is 11.7. The topological polar surface area (TPSA) is 56.5 Å². The molecule has 0 aliphatic carbocycles. The van der Waals surface area contributed by atoms with E-state index in [-0.39, 0.29) is 0 Å². The Hall–Kier alpha value is -6.46. The van der Waals surface area contributed by atoms with Gasteiger partial charge in [0, 0.05) is 88.0 Å². The van der Waals surface area contributed by atoms with Crippen molar-refractivity contribution < 1.29 is 0 Å². The fourth-order valence-electron chi connectivity index (χ4n) is 6.65. The quantitative estimate of drug-likeness (QED) is 0.197. The highest BCUT2D eigenvalue weighted by atomic mass is 15.0. The molecule has 0 saturated carbocycles. The summed E-state index contributed by atoms with van der Waals surface area (Å²) in [6.07, 6.45) is 15.0. The van der Waals surface area contributed by atoms with E-state index in [1.807, 2.05) is 73.8 Å². The van der Waals surface area contributed by atoms with Crippen LogP contribution in [0, 0.1) is 0 Å². The van der Waals surface area contributed by atoms with E-state index >= 15 is 0 Å². The van der Waals surface area contributed by atoms with Gasteiger partial charge in [-0.2, -0.15) is 0 Å². The molecule has 0 atom stereocenters. The van der Waals surface area contributed by atoms with E-state index in [2.05, 4.69) is 115 Å². The molecule has 5 heteroatoms. The maximum absolute atomic E-state index is 4.62. The number of rotatable bonds is 5. The molecule has 220 valence electrons. The van der Waals surface area contributed by atoms with Crippen LogP contribution < -0.4 is 0 Å². The van der Waals surface area contributed by atoms with Gasteiger partial charge in [0.2, 0.25) is 0 Å². The summed E-state index contributed by atoms with van der Waals surface area (Å²) in [5, 5.41) is 4.79. The van der Waals surface area contributed by atoms with E-state index in [9.17, 15) is 0 Å². The van der Waals surface area contributed by atoms with Crippen molar-refractivity contribution in [3.8, 4) is 50.2 Å². The SMILES string of the molecule is c1ccc2c(-n3c4ccc(-c5cncc(-c6ccncc6)c5)cc4c4cc(-c5cncc(-c6ccncc6)c5)ccc43)cccc2c1. The standard InChI is InChI=1S/C42H27N5/c1-2-6-37-30(4-1)5-3-7-40(37)47-41-10-8-31(35-20-33(24-45-26-35)28-12-16-43-17-13-28)22-38(41)39-23-32(9-11-42(39)47)36-21-34(25-46-27-36)29-14-18-44-19-15-29/h1-27H. The lowest BCUT2D eigenvalue weighted by atomic mass is 9.99. The van der Waals surface area contributed by atoms with Crippen molar-refractivity contribution in [2.45, 2.75) is 0 Å². The molecule has 0 spiro atoms. The van der Waals surface area contributed by atoms with E-state index in [1.165, 1.54) is 21.5 Å². The number of hydrogen-bond donors (Lipinski definition) is 0. The first-order chi connectivity index (χ1) is 23.3. The summed E-state index contributed by atoms with van der Waals surface area (Å²) >= 11 is 0. The summed E-state index contributed by atoms with van der Waals surface area (Å²) < 4.78 is 2.40. The maximum atomic E-state index is 4.62. The fourth-order valence-corrected chi connectivity index (χ4v) is 6.65. The van der Waals surface area contributed by atoms with E-state index < -0.39 is 0 Å². The average Bonchev–Trinajstić information content (AvgIpc) is 3.48. The van der Waals surface area contributed by atoms with Gasteiger partial charge in [0.1, 0.15) is 0 Å². The first-order valence-corrected chi connectivity index (χ1v) is 15.6. The molecule has 0 radical (unpaired) electrons. The van der Waals surface area contributed by atoms with Gasteiger partial charge in [0.15, 0.2) is 0 Å². The van der Waals surface area contributed by atoms with E-state index in [0.29, 0.717) is 0 Å². The molecular formula is C42H27N5. The molecule has 0 fully saturated rings. The maximum Gasteiger partial charge on any atom is 0.0541 e. The zero-order chi connectivity index (χ0) is 31.2. The highest BCUT2D eigenvalue weighted by Crippen LogP contribution is 2.39. The van der Waals surface area contributed by atoms with Crippen molar-refractivity contribution in [2.75, 3.05) is 0 Å². The molecule has 4 aromatic carbocycles. The van der Waals surface area contributed by atoms with Gasteiger partial charge in [-0.05, 0) is 94.4 Å². The summed E-state index contributed by atoms with van der Waals surface area (Å²) in [7, 11) is 0. The Bertz CT molecular complexity index is 2430. The van der Waals surface area contributed by atoms with Gasteiger partial charge in [0.05, 0.1) is 16.7 Å². The van der Waals surface area contributed by atoms with Gasteiger partial charge in [-0.1, -0.05) is 48.5 Å². The Labute approximate surface area is 271 Å². The van der Waals surface area contributed by atoms with Crippen molar-refractivity contribution in [1.29, 1.82) is 0 Å². The Morgan fingerprint density at radius 1 is 0.340 bits per heavy atom. The van der Waals surface area contributed by atoms with Gasteiger partial charge < -0.3 is 4.57 Å². The second-order valence-electron chi connectivity index (χ2n) is 11.7. The van der Waals surface area contributed by atoms with Gasteiger partial charge in [-0.25, -0.2) is 0 Å². The Morgan fingerprint density at radius 2 is 0.830 bits per heavy atom. The molecular weight excluding hydrogens is 574 g/mol. The lowest BCUT2D eigenvalue weighted by molar-refractivity contribution is 1.20. The smallest absolute Gasteiger partial charge is 0.0541 e. The number of nitrogens with zero attached hydrogens (tertiary/aromatic N) is 5. The highest BCUT2D eigenvalue weighted by Gasteiger charge is 2.17. The molecule has 0 amide bonds. The van der Waals surface area contributed by atoms with Crippen LogP contribution in [0.5, 0.6) is 0 Å². The van der Waals surface area contributed by atoms with Crippen LogP contribution in [-0.2, 0) is 0 Å². The van der Waals surface area contributed by atoms with Crippen molar-refractivity contribution in [3.63, 3.8) is 0 Å². The number of benzene rings is 4. The molecule has 0 N–H and O–H groups in total. The number of fused-ring (bicyclic) bond motifs is 4. The molecule has 0 bridgehead atoms. The molecule has 0 unspecified atom stereocenters. The van der Waals surface area contributed by atoms with Gasteiger partial charge in [-0.3, -0.25) is 19.9 Å². The molecule has 5 aromatic heterocycles. The van der Waals surface area contributed by atoms with Crippen LogP contribution >= 0.6 is 0 Å². The molecule has 9 rings (SSSR count). The van der Waals surface area contributed by atoms with Crippen LogP contribution in [-0.4, -0.2) is 24.5 Å². The average molecular weight is 602 g/mol. The minimum Gasteiger partial charge on any atom is -0.309 e. The first kappa shape index (κ1) is 26.9. The predicted molar refractivity (Wildman–Crippen MR) is 191 cm³/mol. The molecule has 47 heavy (non-hydrogen) atoms. The van der Waals surface area contributed by atoms with Crippen LogP contribution in [0.25, 0.3) is 82.8 Å². The third-order valence-corrected chi connectivity index (χ3v) is 8.94. The number of pyridine rings is 4. The van der Waals surface area contributed by atoms with Crippen LogP contribution in [0.2, 0.25) is 0 Å². The van der Waals surface area contributed by atoms with Crippen molar-refractivity contribution in [1.82, 2.24) is 24.5 Å². The monoisotopic (exact) mass is 601 g/mol. The molecule has 0 aliphatic rings. The lowest BCUT2D eigenvalue weighted by Gasteiger charge is -2.12. The van der Waals surface area contributed by atoms with Gasteiger partial charge >= 0.3 is 0 Å². The second kappa shape index (κ2) is 11.2. The van der Waals surface area contributed by atoms with Crippen LogP contribution in [0.3, 0.4) is 0 Å². The lowest BCUT2D eigenvalue weighted by Crippen LogP contribution is -1.95. The third-order valence-electron chi connectivity index (χ3n) is 8.94. The van der Waals surface area contributed by atoms with Crippen LogP contribution in [0.1, 0.15) is 0 Å². The normalized spacial score (nSPS) is 11.4. The summed E-state index contributed by atoms with van der Waals surface area (Å²) in [5.41, 5.74) is 12.1. The summed E-state index contributed by atoms with van der Waals surface area (Å²) in [6, 6.07) is 41.1. The van der Waals surface area contributed by atoms with E-state index in [0.717, 1.165) is 61.2 Å². The Balaban J connectivity index is 1.27. The Kier molecular flexibility index (Phi) is 6.39. The van der Waals surface area contributed by atoms with Crippen molar-refractivity contribution >= 4 is 32.6 Å². The largest absolute Gasteiger partial charge is 0.309 e. The zero-order valence-corrected chi connectivity index (χ0v) is 25.3. The van der Waals surface area contributed by atoms with Gasteiger partial charge in [-0.15, -0.1) is 0 Å².